The number of aryl methyl sites for hydroxylation is 1. The van der Waals surface area contributed by atoms with Crippen molar-refractivity contribution in [3.63, 3.8) is 0 Å². The van der Waals surface area contributed by atoms with Crippen LogP contribution in [0.3, 0.4) is 0 Å². The fourth-order valence-electron chi connectivity index (χ4n) is 2.71. The quantitative estimate of drug-likeness (QED) is 0.873. The van der Waals surface area contributed by atoms with Crippen molar-refractivity contribution >= 4 is 15.7 Å². The van der Waals surface area contributed by atoms with Crippen LogP contribution in [0.15, 0.2) is 17.0 Å². The SMILES string of the molecule is CCC1(C)CCN(S(=O)(=O)c2cc(N)cc(C)c2F)CC1. The Kier molecular flexibility index (Phi) is 4.31. The first-order valence-electron chi connectivity index (χ1n) is 7.25. The predicted octanol–water partition coefficient (Wildman–Crippen LogP) is 2.92. The molecule has 1 saturated heterocycles. The van der Waals surface area contributed by atoms with Gasteiger partial charge in [-0.3, -0.25) is 0 Å². The number of halogens is 1. The molecule has 0 saturated carbocycles. The lowest BCUT2D eigenvalue weighted by Gasteiger charge is -2.38. The molecule has 1 aromatic rings. The van der Waals surface area contributed by atoms with E-state index in [0.29, 0.717) is 13.1 Å². The van der Waals surface area contributed by atoms with Gasteiger partial charge >= 0.3 is 0 Å². The highest BCUT2D eigenvalue weighted by atomic mass is 32.2. The number of hydrogen-bond donors (Lipinski definition) is 1. The molecule has 0 spiro atoms. The molecule has 0 aliphatic carbocycles. The van der Waals surface area contributed by atoms with Gasteiger partial charge in [0, 0.05) is 18.8 Å². The van der Waals surface area contributed by atoms with Gasteiger partial charge in [0.1, 0.15) is 10.7 Å². The average molecular weight is 314 g/mol. The number of anilines is 1. The van der Waals surface area contributed by atoms with Gasteiger partial charge in [-0.25, -0.2) is 12.8 Å². The molecular formula is C15H23FN2O2S. The van der Waals surface area contributed by atoms with E-state index in [4.69, 9.17) is 5.73 Å². The molecule has 1 aliphatic rings. The summed E-state index contributed by atoms with van der Waals surface area (Å²) in [5.74, 6) is -0.701. The van der Waals surface area contributed by atoms with Crippen LogP contribution in [0, 0.1) is 18.2 Å². The number of nitrogens with two attached hydrogens (primary N) is 1. The third-order valence-corrected chi connectivity index (χ3v) is 6.54. The van der Waals surface area contributed by atoms with Crippen molar-refractivity contribution < 1.29 is 12.8 Å². The second kappa shape index (κ2) is 5.57. The Hall–Kier alpha value is -1.14. The van der Waals surface area contributed by atoms with Gasteiger partial charge < -0.3 is 5.73 Å². The lowest BCUT2D eigenvalue weighted by molar-refractivity contribution is 0.168. The minimum absolute atomic E-state index is 0.177. The van der Waals surface area contributed by atoms with Crippen molar-refractivity contribution in [2.24, 2.45) is 5.41 Å². The highest BCUT2D eigenvalue weighted by Crippen LogP contribution is 2.36. The average Bonchev–Trinajstić information content (AvgIpc) is 2.43. The van der Waals surface area contributed by atoms with Crippen LogP contribution in [0.25, 0.3) is 0 Å². The molecule has 1 aliphatic heterocycles. The highest BCUT2D eigenvalue weighted by Gasteiger charge is 2.35. The highest BCUT2D eigenvalue weighted by molar-refractivity contribution is 7.89. The van der Waals surface area contributed by atoms with E-state index in [0.717, 1.165) is 19.3 Å². The molecule has 6 heteroatoms. The molecule has 0 amide bonds. The molecule has 0 aromatic heterocycles. The van der Waals surface area contributed by atoms with Crippen LogP contribution in [0.4, 0.5) is 10.1 Å². The summed E-state index contributed by atoms with van der Waals surface area (Å²) in [7, 11) is -3.82. The fraction of sp³-hybridized carbons (Fsp3) is 0.600. The van der Waals surface area contributed by atoms with Gasteiger partial charge in [-0.1, -0.05) is 20.3 Å². The molecule has 4 nitrogen and oxygen atoms in total. The third-order valence-electron chi connectivity index (χ3n) is 4.64. The Morgan fingerprint density at radius 3 is 2.43 bits per heavy atom. The van der Waals surface area contributed by atoms with Crippen LogP contribution in [0.5, 0.6) is 0 Å². The maximum absolute atomic E-state index is 14.2. The standard InChI is InChI=1S/C15H23FN2O2S/c1-4-15(3)5-7-18(8-6-15)21(19,20)13-10-12(17)9-11(2)14(13)16/h9-10H,4-8,17H2,1-3H3. The summed E-state index contributed by atoms with van der Waals surface area (Å²) in [6, 6.07) is 2.66. The van der Waals surface area contributed by atoms with E-state index in [1.54, 1.807) is 0 Å². The second-order valence-corrected chi connectivity index (χ2v) is 8.12. The Morgan fingerprint density at radius 2 is 1.90 bits per heavy atom. The minimum atomic E-state index is -3.82. The smallest absolute Gasteiger partial charge is 0.246 e. The van der Waals surface area contributed by atoms with Gasteiger partial charge in [-0.15, -0.1) is 0 Å². The summed E-state index contributed by atoms with van der Waals surface area (Å²) in [6.07, 6.45) is 2.62. The summed E-state index contributed by atoms with van der Waals surface area (Å²) < 4.78 is 40.9. The lowest BCUT2D eigenvalue weighted by Crippen LogP contribution is -2.42. The molecule has 0 unspecified atom stereocenters. The maximum Gasteiger partial charge on any atom is 0.246 e. The van der Waals surface area contributed by atoms with E-state index in [1.807, 2.05) is 0 Å². The Morgan fingerprint density at radius 1 is 1.33 bits per heavy atom. The van der Waals surface area contributed by atoms with Gasteiger partial charge in [-0.2, -0.15) is 4.31 Å². The predicted molar refractivity (Wildman–Crippen MR) is 81.9 cm³/mol. The number of hydrogen-bond acceptors (Lipinski definition) is 3. The Labute approximate surface area is 126 Å². The van der Waals surface area contributed by atoms with Crippen molar-refractivity contribution in [2.45, 2.75) is 44.9 Å². The molecule has 0 atom stereocenters. The molecule has 1 heterocycles. The van der Waals surface area contributed by atoms with Crippen molar-refractivity contribution in [1.29, 1.82) is 0 Å². The third kappa shape index (κ3) is 3.06. The van der Waals surface area contributed by atoms with Crippen LogP contribution in [0.1, 0.15) is 38.7 Å². The molecule has 21 heavy (non-hydrogen) atoms. The van der Waals surface area contributed by atoms with E-state index in [1.165, 1.54) is 23.4 Å². The topological polar surface area (TPSA) is 63.4 Å². The number of rotatable bonds is 3. The van der Waals surface area contributed by atoms with Crippen molar-refractivity contribution in [3.05, 3.63) is 23.5 Å². The minimum Gasteiger partial charge on any atom is -0.399 e. The van der Waals surface area contributed by atoms with Crippen LogP contribution in [-0.4, -0.2) is 25.8 Å². The first-order chi connectivity index (χ1) is 9.69. The number of benzene rings is 1. The summed E-state index contributed by atoms with van der Waals surface area (Å²) >= 11 is 0. The second-order valence-electron chi connectivity index (χ2n) is 6.22. The monoisotopic (exact) mass is 314 g/mol. The zero-order valence-corrected chi connectivity index (χ0v) is 13.6. The van der Waals surface area contributed by atoms with Crippen molar-refractivity contribution in [1.82, 2.24) is 4.31 Å². The number of sulfonamides is 1. The van der Waals surface area contributed by atoms with Crippen molar-refractivity contribution in [2.75, 3.05) is 18.8 Å². The number of piperidine rings is 1. The largest absolute Gasteiger partial charge is 0.399 e. The number of nitrogen functional groups attached to an aromatic ring is 1. The number of nitrogens with zero attached hydrogens (tertiary/aromatic N) is 1. The molecule has 0 bridgehead atoms. The van der Waals surface area contributed by atoms with E-state index in [9.17, 15) is 12.8 Å². The van der Waals surface area contributed by atoms with E-state index < -0.39 is 15.8 Å². The molecule has 1 aromatic carbocycles. The molecule has 2 rings (SSSR count). The summed E-state index contributed by atoms with van der Waals surface area (Å²) in [5.41, 5.74) is 6.37. The molecular weight excluding hydrogens is 291 g/mol. The first-order valence-corrected chi connectivity index (χ1v) is 8.69. The first kappa shape index (κ1) is 16.2. The zero-order chi connectivity index (χ0) is 15.8. The normalized spacial score (nSPS) is 19.6. The van der Waals surface area contributed by atoms with Crippen molar-refractivity contribution in [3.8, 4) is 0 Å². The maximum atomic E-state index is 14.2. The fourth-order valence-corrected chi connectivity index (χ4v) is 4.32. The zero-order valence-electron chi connectivity index (χ0n) is 12.8. The van der Waals surface area contributed by atoms with Crippen LogP contribution >= 0.6 is 0 Å². The molecule has 0 radical (unpaired) electrons. The van der Waals surface area contributed by atoms with E-state index in [-0.39, 0.29) is 21.6 Å². The van der Waals surface area contributed by atoms with Gasteiger partial charge in [-0.05, 0) is 42.9 Å². The van der Waals surface area contributed by atoms with Crippen LogP contribution in [-0.2, 0) is 10.0 Å². The Bertz CT molecular complexity index is 635. The molecule has 118 valence electrons. The van der Waals surface area contributed by atoms with Crippen LogP contribution < -0.4 is 5.73 Å². The molecule has 2 N–H and O–H groups in total. The Balaban J connectivity index is 2.32. The molecule has 1 fully saturated rings. The lowest BCUT2D eigenvalue weighted by atomic mass is 9.79. The van der Waals surface area contributed by atoms with E-state index in [2.05, 4.69) is 13.8 Å². The summed E-state index contributed by atoms with van der Waals surface area (Å²) in [6.45, 7) is 6.67. The van der Waals surface area contributed by atoms with E-state index >= 15 is 0 Å². The summed E-state index contributed by atoms with van der Waals surface area (Å²) in [5, 5.41) is 0. The summed E-state index contributed by atoms with van der Waals surface area (Å²) in [4.78, 5) is -0.305. The van der Waals surface area contributed by atoms with Gasteiger partial charge in [0.2, 0.25) is 10.0 Å². The van der Waals surface area contributed by atoms with Gasteiger partial charge in [0.05, 0.1) is 0 Å². The van der Waals surface area contributed by atoms with Crippen LogP contribution in [0.2, 0.25) is 0 Å². The van der Waals surface area contributed by atoms with Gasteiger partial charge in [0.15, 0.2) is 0 Å². The van der Waals surface area contributed by atoms with Gasteiger partial charge in [0.25, 0.3) is 0 Å².